The molecule has 76 valence electrons. The van der Waals surface area contributed by atoms with Crippen LogP contribution in [-0.2, 0) is 4.79 Å². The SMILES string of the molecule is CCC(CC)C1(C(=O)O)CCCS1. The minimum absolute atomic E-state index is 0.345. The fourth-order valence-corrected chi connectivity index (χ4v) is 3.91. The molecule has 0 saturated carbocycles. The monoisotopic (exact) mass is 202 g/mol. The van der Waals surface area contributed by atoms with Gasteiger partial charge in [-0.15, -0.1) is 11.8 Å². The van der Waals surface area contributed by atoms with Gasteiger partial charge in [0.1, 0.15) is 4.75 Å². The highest BCUT2D eigenvalue weighted by Crippen LogP contribution is 2.46. The van der Waals surface area contributed by atoms with Crippen LogP contribution in [0.3, 0.4) is 0 Å². The summed E-state index contributed by atoms with van der Waals surface area (Å²) < 4.78 is -0.455. The average molecular weight is 202 g/mol. The van der Waals surface area contributed by atoms with Crippen molar-refractivity contribution in [3.05, 3.63) is 0 Å². The van der Waals surface area contributed by atoms with Gasteiger partial charge in [-0.05, 0) is 24.5 Å². The second kappa shape index (κ2) is 4.36. The quantitative estimate of drug-likeness (QED) is 0.761. The number of carboxylic acid groups (broad SMARTS) is 1. The lowest BCUT2D eigenvalue weighted by Crippen LogP contribution is -2.40. The molecule has 1 rings (SSSR count). The third-order valence-corrected chi connectivity index (χ3v) is 4.78. The predicted octanol–water partition coefficient (Wildman–Crippen LogP) is 2.77. The lowest BCUT2D eigenvalue weighted by atomic mass is 9.84. The number of hydrogen-bond acceptors (Lipinski definition) is 2. The molecule has 0 amide bonds. The molecule has 1 atom stereocenters. The Labute approximate surface area is 84.1 Å². The molecule has 2 nitrogen and oxygen atoms in total. The largest absolute Gasteiger partial charge is 0.480 e. The molecule has 1 aliphatic heterocycles. The summed E-state index contributed by atoms with van der Waals surface area (Å²) in [6.07, 6.45) is 3.89. The molecule has 0 aromatic carbocycles. The van der Waals surface area contributed by atoms with E-state index in [1.807, 2.05) is 0 Å². The minimum atomic E-state index is -0.594. The van der Waals surface area contributed by atoms with Crippen molar-refractivity contribution in [1.29, 1.82) is 0 Å². The third-order valence-electron chi connectivity index (χ3n) is 3.06. The van der Waals surface area contributed by atoms with Crippen molar-refractivity contribution in [2.75, 3.05) is 5.75 Å². The first-order chi connectivity index (χ1) is 6.17. The van der Waals surface area contributed by atoms with E-state index >= 15 is 0 Å². The second-order valence-corrected chi connectivity index (χ2v) is 5.09. The van der Waals surface area contributed by atoms with Crippen molar-refractivity contribution in [3.8, 4) is 0 Å². The molecule has 0 spiro atoms. The Bertz CT molecular complexity index is 181. The molecule has 0 bridgehead atoms. The molecule has 13 heavy (non-hydrogen) atoms. The van der Waals surface area contributed by atoms with Crippen molar-refractivity contribution in [2.24, 2.45) is 5.92 Å². The first kappa shape index (κ1) is 10.9. The lowest BCUT2D eigenvalue weighted by molar-refractivity contribution is -0.141. The van der Waals surface area contributed by atoms with E-state index in [1.165, 1.54) is 0 Å². The fraction of sp³-hybridized carbons (Fsp3) is 0.900. The number of thioether (sulfide) groups is 1. The number of carboxylic acids is 1. The standard InChI is InChI=1S/C10H18O2S/c1-3-8(4-2)10(9(11)12)6-5-7-13-10/h8H,3-7H2,1-2H3,(H,11,12). The van der Waals surface area contributed by atoms with E-state index in [-0.39, 0.29) is 0 Å². The van der Waals surface area contributed by atoms with E-state index in [2.05, 4.69) is 13.8 Å². The summed E-state index contributed by atoms with van der Waals surface area (Å²) in [7, 11) is 0. The van der Waals surface area contributed by atoms with Crippen LogP contribution in [0.2, 0.25) is 0 Å². The van der Waals surface area contributed by atoms with Crippen molar-refractivity contribution in [1.82, 2.24) is 0 Å². The molecule has 1 fully saturated rings. The van der Waals surface area contributed by atoms with Gasteiger partial charge in [0, 0.05) is 0 Å². The Morgan fingerprint density at radius 3 is 2.46 bits per heavy atom. The maximum atomic E-state index is 11.3. The van der Waals surface area contributed by atoms with Gasteiger partial charge in [0.25, 0.3) is 0 Å². The Balaban J connectivity index is 2.82. The van der Waals surface area contributed by atoms with Crippen LogP contribution in [0, 0.1) is 5.92 Å². The van der Waals surface area contributed by atoms with Gasteiger partial charge in [-0.25, -0.2) is 0 Å². The van der Waals surface area contributed by atoms with Crippen molar-refractivity contribution < 1.29 is 9.90 Å². The van der Waals surface area contributed by atoms with Crippen LogP contribution in [0.25, 0.3) is 0 Å². The Kier molecular flexibility index (Phi) is 3.65. The van der Waals surface area contributed by atoms with Crippen molar-refractivity contribution in [2.45, 2.75) is 44.3 Å². The zero-order valence-corrected chi connectivity index (χ0v) is 9.19. The Morgan fingerprint density at radius 2 is 2.15 bits per heavy atom. The predicted molar refractivity (Wildman–Crippen MR) is 56.1 cm³/mol. The molecule has 0 aromatic rings. The van der Waals surface area contributed by atoms with E-state index < -0.39 is 10.7 Å². The molecule has 0 radical (unpaired) electrons. The van der Waals surface area contributed by atoms with Crippen LogP contribution in [0.4, 0.5) is 0 Å². The van der Waals surface area contributed by atoms with Gasteiger partial charge in [-0.3, -0.25) is 4.79 Å². The molecule has 1 heterocycles. The Morgan fingerprint density at radius 1 is 1.54 bits per heavy atom. The molecular formula is C10H18O2S. The molecular weight excluding hydrogens is 184 g/mol. The van der Waals surface area contributed by atoms with Crippen LogP contribution in [0.1, 0.15) is 39.5 Å². The summed E-state index contributed by atoms with van der Waals surface area (Å²) in [6.45, 7) is 4.19. The number of rotatable bonds is 4. The molecule has 3 heteroatoms. The lowest BCUT2D eigenvalue weighted by Gasteiger charge is -2.31. The molecule has 1 saturated heterocycles. The van der Waals surface area contributed by atoms with E-state index in [4.69, 9.17) is 0 Å². The highest BCUT2D eigenvalue weighted by Gasteiger charge is 2.47. The Hall–Kier alpha value is -0.180. The van der Waals surface area contributed by atoms with Gasteiger partial charge >= 0.3 is 5.97 Å². The highest BCUT2D eigenvalue weighted by molar-refractivity contribution is 8.01. The smallest absolute Gasteiger partial charge is 0.320 e. The first-order valence-corrected chi connectivity index (χ1v) is 6.03. The maximum absolute atomic E-state index is 11.3. The molecule has 1 unspecified atom stereocenters. The van der Waals surface area contributed by atoms with Crippen LogP contribution in [-0.4, -0.2) is 21.6 Å². The zero-order chi connectivity index (χ0) is 9.90. The van der Waals surface area contributed by atoms with Gasteiger partial charge in [0.15, 0.2) is 0 Å². The second-order valence-electron chi connectivity index (χ2n) is 3.66. The van der Waals surface area contributed by atoms with Crippen LogP contribution in [0.5, 0.6) is 0 Å². The average Bonchev–Trinajstić information content (AvgIpc) is 2.56. The zero-order valence-electron chi connectivity index (χ0n) is 8.38. The summed E-state index contributed by atoms with van der Waals surface area (Å²) in [5, 5.41) is 9.28. The third kappa shape index (κ3) is 1.85. The van der Waals surface area contributed by atoms with E-state index in [0.717, 1.165) is 31.4 Å². The first-order valence-electron chi connectivity index (χ1n) is 5.04. The van der Waals surface area contributed by atoms with Gasteiger partial charge in [-0.1, -0.05) is 26.7 Å². The highest BCUT2D eigenvalue weighted by atomic mass is 32.2. The number of hydrogen-bond donors (Lipinski definition) is 1. The molecule has 0 aromatic heterocycles. The van der Waals surface area contributed by atoms with Crippen molar-refractivity contribution in [3.63, 3.8) is 0 Å². The minimum Gasteiger partial charge on any atom is -0.480 e. The summed E-state index contributed by atoms with van der Waals surface area (Å²) in [6, 6.07) is 0. The van der Waals surface area contributed by atoms with Gasteiger partial charge in [-0.2, -0.15) is 0 Å². The summed E-state index contributed by atoms with van der Waals surface area (Å²) in [4.78, 5) is 11.3. The van der Waals surface area contributed by atoms with Gasteiger partial charge < -0.3 is 5.11 Å². The van der Waals surface area contributed by atoms with E-state index in [1.54, 1.807) is 11.8 Å². The summed E-state index contributed by atoms with van der Waals surface area (Å²) in [5.74, 6) is 0.768. The van der Waals surface area contributed by atoms with Gasteiger partial charge in [0.2, 0.25) is 0 Å². The van der Waals surface area contributed by atoms with E-state index in [9.17, 15) is 9.90 Å². The maximum Gasteiger partial charge on any atom is 0.320 e. The fourth-order valence-electron chi connectivity index (χ4n) is 2.27. The van der Waals surface area contributed by atoms with Crippen LogP contribution < -0.4 is 0 Å². The molecule has 1 N–H and O–H groups in total. The van der Waals surface area contributed by atoms with Crippen LogP contribution >= 0.6 is 11.8 Å². The topological polar surface area (TPSA) is 37.3 Å². The summed E-state index contributed by atoms with van der Waals surface area (Å²) >= 11 is 1.66. The molecule has 1 aliphatic rings. The number of carbonyl (C=O) groups is 1. The molecule has 0 aliphatic carbocycles. The van der Waals surface area contributed by atoms with Gasteiger partial charge in [0.05, 0.1) is 0 Å². The number of aliphatic carboxylic acids is 1. The van der Waals surface area contributed by atoms with Crippen LogP contribution in [0.15, 0.2) is 0 Å². The summed E-state index contributed by atoms with van der Waals surface area (Å²) in [5.41, 5.74) is 0. The van der Waals surface area contributed by atoms with Crippen molar-refractivity contribution >= 4 is 17.7 Å². The van der Waals surface area contributed by atoms with E-state index in [0.29, 0.717) is 5.92 Å². The normalized spacial score (nSPS) is 28.2.